The van der Waals surface area contributed by atoms with Gasteiger partial charge in [-0.15, -0.1) is 0 Å². The molecule has 1 atom stereocenters. The third-order valence-corrected chi connectivity index (χ3v) is 4.28. The summed E-state index contributed by atoms with van der Waals surface area (Å²) in [6.07, 6.45) is 7.38. The van der Waals surface area contributed by atoms with Crippen LogP contribution in [0.4, 0.5) is 0 Å². The van der Waals surface area contributed by atoms with Crippen molar-refractivity contribution in [3.05, 3.63) is 41.7 Å². The molecule has 5 nitrogen and oxygen atoms in total. The first-order valence-electron chi connectivity index (χ1n) is 7.73. The monoisotopic (exact) mass is 285 g/mol. The van der Waals surface area contributed by atoms with Crippen LogP contribution in [0.25, 0.3) is 0 Å². The molecule has 5 heteroatoms. The SMILES string of the molecule is Cc1nc(C)n(C[C@@H]2CCCN2CCc2ccncc2)n1. The number of aryl methyl sites for hydroxylation is 2. The number of nitrogens with zero attached hydrogens (tertiary/aromatic N) is 5. The maximum Gasteiger partial charge on any atom is 0.147 e. The Morgan fingerprint density at radius 3 is 2.76 bits per heavy atom. The Bertz CT molecular complexity index is 578. The van der Waals surface area contributed by atoms with Crippen LogP contribution in [0.3, 0.4) is 0 Å². The van der Waals surface area contributed by atoms with Crippen LogP contribution in [0.5, 0.6) is 0 Å². The molecule has 3 heterocycles. The molecule has 0 N–H and O–H groups in total. The summed E-state index contributed by atoms with van der Waals surface area (Å²) in [7, 11) is 0. The number of hydrogen-bond acceptors (Lipinski definition) is 4. The molecular weight excluding hydrogens is 262 g/mol. The topological polar surface area (TPSA) is 46.8 Å². The zero-order valence-electron chi connectivity index (χ0n) is 12.9. The predicted octanol–water partition coefficient (Wildman–Crippen LogP) is 2.00. The van der Waals surface area contributed by atoms with E-state index in [0.717, 1.165) is 31.2 Å². The second-order valence-electron chi connectivity index (χ2n) is 5.83. The summed E-state index contributed by atoms with van der Waals surface area (Å²) in [5.41, 5.74) is 1.36. The Labute approximate surface area is 126 Å². The Hall–Kier alpha value is -1.75. The van der Waals surface area contributed by atoms with Crippen molar-refractivity contribution < 1.29 is 0 Å². The molecule has 1 aliphatic rings. The van der Waals surface area contributed by atoms with Crippen molar-refractivity contribution in [1.82, 2.24) is 24.6 Å². The minimum absolute atomic E-state index is 0.589. The zero-order valence-corrected chi connectivity index (χ0v) is 12.9. The lowest BCUT2D eigenvalue weighted by molar-refractivity contribution is 0.228. The van der Waals surface area contributed by atoms with Crippen molar-refractivity contribution in [2.45, 2.75) is 45.7 Å². The molecule has 0 amide bonds. The van der Waals surface area contributed by atoms with Crippen LogP contribution in [0.1, 0.15) is 30.1 Å². The van der Waals surface area contributed by atoms with Gasteiger partial charge in [0.1, 0.15) is 11.6 Å². The average molecular weight is 285 g/mol. The zero-order chi connectivity index (χ0) is 14.7. The summed E-state index contributed by atoms with van der Waals surface area (Å²) in [6.45, 7) is 7.27. The van der Waals surface area contributed by atoms with E-state index in [1.165, 1.54) is 24.9 Å². The maximum absolute atomic E-state index is 4.50. The molecular formula is C16H23N5. The quantitative estimate of drug-likeness (QED) is 0.843. The van der Waals surface area contributed by atoms with Gasteiger partial charge < -0.3 is 0 Å². The van der Waals surface area contributed by atoms with Crippen LogP contribution in [-0.2, 0) is 13.0 Å². The summed E-state index contributed by atoms with van der Waals surface area (Å²) in [6, 6.07) is 4.80. The second-order valence-corrected chi connectivity index (χ2v) is 5.83. The van der Waals surface area contributed by atoms with Gasteiger partial charge in [0.25, 0.3) is 0 Å². The molecule has 0 radical (unpaired) electrons. The molecule has 1 fully saturated rings. The minimum atomic E-state index is 0.589. The van der Waals surface area contributed by atoms with E-state index in [2.05, 4.69) is 36.8 Å². The largest absolute Gasteiger partial charge is 0.298 e. The fourth-order valence-corrected chi connectivity index (χ4v) is 3.15. The molecule has 3 rings (SSSR count). The van der Waals surface area contributed by atoms with E-state index >= 15 is 0 Å². The smallest absolute Gasteiger partial charge is 0.147 e. The average Bonchev–Trinajstić information content (AvgIpc) is 3.05. The lowest BCUT2D eigenvalue weighted by Crippen LogP contribution is -2.35. The maximum atomic E-state index is 4.50. The Morgan fingerprint density at radius 1 is 1.24 bits per heavy atom. The van der Waals surface area contributed by atoms with Gasteiger partial charge in [0, 0.05) is 25.0 Å². The molecule has 0 unspecified atom stereocenters. The molecule has 0 aromatic carbocycles. The molecule has 21 heavy (non-hydrogen) atoms. The van der Waals surface area contributed by atoms with E-state index in [-0.39, 0.29) is 0 Å². The molecule has 1 saturated heterocycles. The van der Waals surface area contributed by atoms with Gasteiger partial charge in [-0.2, -0.15) is 5.10 Å². The molecule has 1 aliphatic heterocycles. The normalized spacial score (nSPS) is 19.2. The molecule has 2 aromatic rings. The Balaban J connectivity index is 1.59. The van der Waals surface area contributed by atoms with Gasteiger partial charge in [-0.25, -0.2) is 9.67 Å². The van der Waals surface area contributed by atoms with Crippen LogP contribution in [0, 0.1) is 13.8 Å². The summed E-state index contributed by atoms with van der Waals surface area (Å²) in [5, 5.41) is 4.50. The van der Waals surface area contributed by atoms with Crippen LogP contribution in [0.15, 0.2) is 24.5 Å². The van der Waals surface area contributed by atoms with Crippen LogP contribution < -0.4 is 0 Å². The van der Waals surface area contributed by atoms with Gasteiger partial charge in [-0.05, 0) is 57.4 Å². The molecule has 112 valence electrons. The minimum Gasteiger partial charge on any atom is -0.298 e. The first-order chi connectivity index (χ1) is 10.2. The summed E-state index contributed by atoms with van der Waals surface area (Å²) < 4.78 is 2.06. The van der Waals surface area contributed by atoms with Crippen molar-refractivity contribution in [2.75, 3.05) is 13.1 Å². The number of hydrogen-bond donors (Lipinski definition) is 0. The lowest BCUT2D eigenvalue weighted by atomic mass is 10.1. The first kappa shape index (κ1) is 14.2. The predicted molar refractivity (Wildman–Crippen MR) is 82.0 cm³/mol. The van der Waals surface area contributed by atoms with Crippen molar-refractivity contribution in [2.24, 2.45) is 0 Å². The van der Waals surface area contributed by atoms with E-state index in [1.807, 2.05) is 26.2 Å². The first-order valence-corrected chi connectivity index (χ1v) is 7.73. The number of rotatable bonds is 5. The summed E-state index contributed by atoms with van der Waals surface area (Å²) >= 11 is 0. The summed E-state index contributed by atoms with van der Waals surface area (Å²) in [5.74, 6) is 1.89. The Kier molecular flexibility index (Phi) is 4.29. The highest BCUT2D eigenvalue weighted by atomic mass is 15.4. The fourth-order valence-electron chi connectivity index (χ4n) is 3.15. The number of aromatic nitrogens is 4. The highest BCUT2D eigenvalue weighted by Gasteiger charge is 2.25. The molecule has 0 bridgehead atoms. The van der Waals surface area contributed by atoms with E-state index < -0.39 is 0 Å². The van der Waals surface area contributed by atoms with E-state index in [0.29, 0.717) is 6.04 Å². The van der Waals surface area contributed by atoms with Crippen LogP contribution >= 0.6 is 0 Å². The molecule has 0 aliphatic carbocycles. The lowest BCUT2D eigenvalue weighted by Gasteiger charge is -2.24. The van der Waals surface area contributed by atoms with Crippen molar-refractivity contribution in [3.63, 3.8) is 0 Å². The highest BCUT2D eigenvalue weighted by Crippen LogP contribution is 2.19. The molecule has 0 saturated carbocycles. The van der Waals surface area contributed by atoms with Crippen molar-refractivity contribution >= 4 is 0 Å². The summed E-state index contributed by atoms with van der Waals surface area (Å²) in [4.78, 5) is 11.1. The van der Waals surface area contributed by atoms with Crippen LogP contribution in [-0.4, -0.2) is 43.8 Å². The third kappa shape index (κ3) is 3.47. The standard InChI is InChI=1S/C16H23N5/c1-13-18-14(2)21(19-13)12-16-4-3-10-20(16)11-7-15-5-8-17-9-6-15/h5-6,8-9,16H,3-4,7,10-12H2,1-2H3/t16-/m0/s1. The Morgan fingerprint density at radius 2 is 2.05 bits per heavy atom. The van der Waals surface area contributed by atoms with Gasteiger partial charge in [-0.1, -0.05) is 0 Å². The van der Waals surface area contributed by atoms with E-state index in [9.17, 15) is 0 Å². The second kappa shape index (κ2) is 6.35. The van der Waals surface area contributed by atoms with Gasteiger partial charge in [0.05, 0.1) is 6.54 Å². The van der Waals surface area contributed by atoms with E-state index in [1.54, 1.807) is 0 Å². The van der Waals surface area contributed by atoms with Crippen molar-refractivity contribution in [1.29, 1.82) is 0 Å². The van der Waals surface area contributed by atoms with Gasteiger partial charge >= 0.3 is 0 Å². The molecule has 2 aromatic heterocycles. The van der Waals surface area contributed by atoms with Crippen LogP contribution in [0.2, 0.25) is 0 Å². The van der Waals surface area contributed by atoms with Gasteiger partial charge in [-0.3, -0.25) is 9.88 Å². The van der Waals surface area contributed by atoms with Gasteiger partial charge in [0.2, 0.25) is 0 Å². The number of likely N-dealkylation sites (tertiary alicyclic amines) is 1. The van der Waals surface area contributed by atoms with E-state index in [4.69, 9.17) is 0 Å². The highest BCUT2D eigenvalue weighted by molar-refractivity contribution is 5.10. The third-order valence-electron chi connectivity index (χ3n) is 4.28. The fraction of sp³-hybridized carbons (Fsp3) is 0.562. The number of pyridine rings is 1. The molecule has 0 spiro atoms. The van der Waals surface area contributed by atoms with Gasteiger partial charge in [0.15, 0.2) is 0 Å². The van der Waals surface area contributed by atoms with Crippen molar-refractivity contribution in [3.8, 4) is 0 Å².